The molecule has 0 aliphatic carbocycles. The van der Waals surface area contributed by atoms with Crippen LogP contribution in [0, 0.1) is 6.92 Å². The Bertz CT molecular complexity index is 972. The minimum Gasteiger partial charge on any atom is -0.465 e. The van der Waals surface area contributed by atoms with E-state index in [1.807, 2.05) is 0 Å². The molecule has 0 bridgehead atoms. The highest BCUT2D eigenvalue weighted by Crippen LogP contribution is 2.29. The number of nitrogens with zero attached hydrogens (tertiary/aromatic N) is 1. The van der Waals surface area contributed by atoms with E-state index in [2.05, 4.69) is 0 Å². The van der Waals surface area contributed by atoms with Crippen LogP contribution in [0.25, 0.3) is 5.69 Å². The fourth-order valence-electron chi connectivity index (χ4n) is 3.02. The lowest BCUT2D eigenvalue weighted by atomic mass is 10.1. The number of benzene rings is 1. The zero-order valence-corrected chi connectivity index (χ0v) is 17.4. The Balaban J connectivity index is 2.77. The van der Waals surface area contributed by atoms with Crippen molar-refractivity contribution in [3.63, 3.8) is 0 Å². The van der Waals surface area contributed by atoms with Gasteiger partial charge in [0.1, 0.15) is 11.3 Å². The van der Waals surface area contributed by atoms with Gasteiger partial charge in [-0.3, -0.25) is 0 Å². The van der Waals surface area contributed by atoms with Gasteiger partial charge in [0.25, 0.3) is 0 Å². The van der Waals surface area contributed by atoms with Gasteiger partial charge in [-0.25, -0.2) is 19.2 Å². The van der Waals surface area contributed by atoms with E-state index >= 15 is 0 Å². The lowest BCUT2D eigenvalue weighted by Crippen LogP contribution is -2.17. The molecule has 0 radical (unpaired) electrons. The van der Waals surface area contributed by atoms with E-state index in [1.54, 1.807) is 32.9 Å². The molecule has 30 heavy (non-hydrogen) atoms. The van der Waals surface area contributed by atoms with Crippen LogP contribution in [0.3, 0.4) is 0 Å². The molecule has 0 saturated carbocycles. The van der Waals surface area contributed by atoms with E-state index in [1.165, 1.54) is 16.7 Å². The molecular weight excluding hydrogens is 394 g/mol. The van der Waals surface area contributed by atoms with Gasteiger partial charge >= 0.3 is 23.9 Å². The van der Waals surface area contributed by atoms with Crippen LogP contribution in [0.2, 0.25) is 0 Å². The smallest absolute Gasteiger partial charge is 0.355 e. The summed E-state index contributed by atoms with van der Waals surface area (Å²) in [5.74, 6) is -3.00. The minimum atomic E-state index is -0.886. The maximum atomic E-state index is 12.6. The SMILES string of the molecule is CCOC(=O)c1ccc(-n2c(C)c(C(=O)OCC)c(C(=O)OC)c2C(=O)OC)cc1. The second kappa shape index (κ2) is 9.73. The van der Waals surface area contributed by atoms with Crippen molar-refractivity contribution in [2.75, 3.05) is 27.4 Å². The molecule has 0 aliphatic rings. The van der Waals surface area contributed by atoms with E-state index in [9.17, 15) is 19.2 Å². The number of ether oxygens (including phenoxy) is 4. The summed E-state index contributed by atoms with van der Waals surface area (Å²) in [4.78, 5) is 49.5. The summed E-state index contributed by atoms with van der Waals surface area (Å²) < 4.78 is 21.1. The van der Waals surface area contributed by atoms with Crippen LogP contribution in [0.1, 0.15) is 61.1 Å². The van der Waals surface area contributed by atoms with Crippen molar-refractivity contribution in [2.45, 2.75) is 20.8 Å². The summed E-state index contributed by atoms with van der Waals surface area (Å²) >= 11 is 0. The van der Waals surface area contributed by atoms with Crippen LogP contribution in [0.5, 0.6) is 0 Å². The minimum absolute atomic E-state index is 0.0753. The number of aromatic nitrogens is 1. The van der Waals surface area contributed by atoms with Crippen LogP contribution in [0.4, 0.5) is 0 Å². The Morgan fingerprint density at radius 1 is 0.767 bits per heavy atom. The van der Waals surface area contributed by atoms with E-state index in [0.29, 0.717) is 11.3 Å². The van der Waals surface area contributed by atoms with Crippen LogP contribution in [-0.4, -0.2) is 55.9 Å². The topological polar surface area (TPSA) is 110 Å². The zero-order chi connectivity index (χ0) is 22.4. The van der Waals surface area contributed by atoms with E-state index in [4.69, 9.17) is 18.9 Å². The van der Waals surface area contributed by atoms with Crippen LogP contribution in [-0.2, 0) is 18.9 Å². The van der Waals surface area contributed by atoms with Crippen LogP contribution in [0.15, 0.2) is 24.3 Å². The Morgan fingerprint density at radius 3 is 1.80 bits per heavy atom. The number of hydrogen-bond acceptors (Lipinski definition) is 8. The molecule has 160 valence electrons. The van der Waals surface area contributed by atoms with Gasteiger partial charge in [-0.15, -0.1) is 0 Å². The molecule has 0 unspecified atom stereocenters. The summed E-state index contributed by atoms with van der Waals surface area (Å²) in [7, 11) is 2.29. The highest BCUT2D eigenvalue weighted by Gasteiger charge is 2.35. The average Bonchev–Trinajstić information content (AvgIpc) is 3.06. The third-order valence-electron chi connectivity index (χ3n) is 4.29. The highest BCUT2D eigenvalue weighted by molar-refractivity contribution is 6.11. The predicted octanol–water partition coefficient (Wildman–Crippen LogP) is 2.71. The molecular formula is C21H23NO8. The van der Waals surface area contributed by atoms with Crippen LogP contribution < -0.4 is 0 Å². The molecule has 0 amide bonds. The summed E-state index contributed by atoms with van der Waals surface area (Å²) in [5.41, 5.74) is 0.464. The lowest BCUT2D eigenvalue weighted by Gasteiger charge is -2.12. The molecule has 0 spiro atoms. The first kappa shape index (κ1) is 22.7. The highest BCUT2D eigenvalue weighted by atomic mass is 16.5. The molecule has 1 aromatic heterocycles. The van der Waals surface area contributed by atoms with Gasteiger partial charge in [-0.2, -0.15) is 0 Å². The Morgan fingerprint density at radius 2 is 1.30 bits per heavy atom. The molecule has 1 aromatic carbocycles. The third-order valence-corrected chi connectivity index (χ3v) is 4.29. The zero-order valence-electron chi connectivity index (χ0n) is 17.4. The van der Waals surface area contributed by atoms with E-state index in [-0.39, 0.29) is 35.7 Å². The largest absolute Gasteiger partial charge is 0.465 e. The predicted molar refractivity (Wildman–Crippen MR) is 105 cm³/mol. The van der Waals surface area contributed by atoms with Crippen molar-refractivity contribution in [3.8, 4) is 5.69 Å². The van der Waals surface area contributed by atoms with Gasteiger partial charge in [0.05, 0.1) is 38.6 Å². The van der Waals surface area contributed by atoms with Gasteiger partial charge in [-0.1, -0.05) is 0 Å². The monoisotopic (exact) mass is 417 g/mol. The van der Waals surface area contributed by atoms with Gasteiger partial charge in [-0.05, 0) is 45.0 Å². The molecule has 2 aromatic rings. The molecule has 0 atom stereocenters. The molecule has 9 heteroatoms. The molecule has 9 nitrogen and oxygen atoms in total. The Hall–Kier alpha value is -3.62. The van der Waals surface area contributed by atoms with Crippen molar-refractivity contribution in [1.82, 2.24) is 4.57 Å². The third kappa shape index (κ3) is 4.19. The average molecular weight is 417 g/mol. The lowest BCUT2D eigenvalue weighted by molar-refractivity contribution is 0.0499. The van der Waals surface area contributed by atoms with Gasteiger partial charge in [0.15, 0.2) is 0 Å². The summed E-state index contributed by atoms with van der Waals surface area (Å²) in [6, 6.07) is 6.13. The number of hydrogen-bond donors (Lipinski definition) is 0. The fourth-order valence-corrected chi connectivity index (χ4v) is 3.02. The summed E-state index contributed by atoms with van der Waals surface area (Å²) in [6.45, 7) is 5.19. The second-order valence-electron chi connectivity index (χ2n) is 5.99. The Labute approximate surface area is 173 Å². The van der Waals surface area contributed by atoms with E-state index in [0.717, 1.165) is 14.2 Å². The second-order valence-corrected chi connectivity index (χ2v) is 5.99. The van der Waals surface area contributed by atoms with Crippen molar-refractivity contribution < 1.29 is 38.1 Å². The fraction of sp³-hybridized carbons (Fsp3) is 0.333. The normalized spacial score (nSPS) is 10.3. The van der Waals surface area contributed by atoms with E-state index < -0.39 is 23.9 Å². The standard InChI is InChI=1S/C21H23NO8/c1-6-29-18(23)13-8-10-14(11-9-13)22-12(3)15(20(25)30-7-2)16(19(24)27-4)17(22)21(26)28-5/h8-11H,6-7H2,1-5H3. The first-order valence-corrected chi connectivity index (χ1v) is 9.18. The van der Waals surface area contributed by atoms with Gasteiger partial charge < -0.3 is 23.5 Å². The Kier molecular flexibility index (Phi) is 7.35. The molecule has 0 N–H and O–H groups in total. The van der Waals surface area contributed by atoms with Crippen molar-refractivity contribution >= 4 is 23.9 Å². The first-order valence-electron chi connectivity index (χ1n) is 9.18. The molecule has 0 aliphatic heterocycles. The summed E-state index contributed by atoms with van der Waals surface area (Å²) in [5, 5.41) is 0. The first-order chi connectivity index (χ1) is 14.3. The molecule has 0 fully saturated rings. The number of esters is 4. The van der Waals surface area contributed by atoms with Crippen molar-refractivity contribution in [3.05, 3.63) is 52.3 Å². The number of carbonyl (C=O) groups is 4. The van der Waals surface area contributed by atoms with Crippen molar-refractivity contribution in [2.24, 2.45) is 0 Å². The van der Waals surface area contributed by atoms with Gasteiger partial charge in [0, 0.05) is 11.4 Å². The number of methoxy groups -OCH3 is 2. The quantitative estimate of drug-likeness (QED) is 0.500. The number of rotatable bonds is 7. The van der Waals surface area contributed by atoms with Crippen molar-refractivity contribution in [1.29, 1.82) is 0 Å². The number of carbonyl (C=O) groups excluding carboxylic acids is 4. The summed E-state index contributed by atoms with van der Waals surface area (Å²) in [6.07, 6.45) is 0. The molecule has 0 saturated heterocycles. The maximum Gasteiger partial charge on any atom is 0.355 e. The molecule has 2 rings (SSSR count). The van der Waals surface area contributed by atoms with Crippen LogP contribution >= 0.6 is 0 Å². The maximum absolute atomic E-state index is 12.6. The van der Waals surface area contributed by atoms with Gasteiger partial charge in [0.2, 0.25) is 0 Å². The molecule has 1 heterocycles.